The molecule has 228 valence electrons. The summed E-state index contributed by atoms with van der Waals surface area (Å²) in [5.74, 6) is 0. The first-order valence-corrected chi connectivity index (χ1v) is 18.4. The molecule has 0 N–H and O–H groups in total. The maximum Gasteiger partial charge on any atom is 1.00 e. The Morgan fingerprint density at radius 1 is 0.537 bits per heavy atom. The molecule has 0 spiro atoms. The van der Waals surface area contributed by atoms with E-state index in [1.165, 1.54) is 134 Å². The number of rotatable bonds is 25. The molecule has 0 saturated carbocycles. The van der Waals surface area contributed by atoms with Crippen LogP contribution in [0.15, 0.2) is 35.2 Å². The molecule has 2 aromatic rings. The van der Waals surface area contributed by atoms with Gasteiger partial charge in [0.25, 0.3) is 0 Å². The predicted molar refractivity (Wildman–Crippen MR) is 172 cm³/mol. The van der Waals surface area contributed by atoms with Crippen molar-refractivity contribution < 1.29 is 42.5 Å². The summed E-state index contributed by atoms with van der Waals surface area (Å²) in [6.45, 7) is 4.53. The largest absolute Gasteiger partial charge is 1.00 e. The maximum atomic E-state index is 12.0. The first kappa shape index (κ1) is 38.6. The van der Waals surface area contributed by atoms with Crippen molar-refractivity contribution in [1.29, 1.82) is 0 Å². The van der Waals surface area contributed by atoms with Gasteiger partial charge in [-0.05, 0) is 53.6 Å². The molecule has 0 aliphatic heterocycles. The zero-order valence-corrected chi connectivity index (χ0v) is 29.8. The van der Waals surface area contributed by atoms with E-state index >= 15 is 0 Å². The minimum absolute atomic E-state index is 0. The van der Waals surface area contributed by atoms with E-state index in [0.717, 1.165) is 35.6 Å². The van der Waals surface area contributed by atoms with Gasteiger partial charge in [0.05, 0.1) is 4.90 Å². The third kappa shape index (κ3) is 16.9. The van der Waals surface area contributed by atoms with Crippen LogP contribution in [0.3, 0.4) is 0 Å². The van der Waals surface area contributed by atoms with Crippen LogP contribution in [0.2, 0.25) is 0 Å². The van der Waals surface area contributed by atoms with Gasteiger partial charge in [0, 0.05) is 0 Å². The van der Waals surface area contributed by atoms with Crippen molar-refractivity contribution in [3.05, 3.63) is 41.5 Å². The fourth-order valence-electron chi connectivity index (χ4n) is 6.03. The van der Waals surface area contributed by atoms with Crippen LogP contribution in [0.25, 0.3) is 10.8 Å². The smallest absolute Gasteiger partial charge is 0.744 e. The molecule has 0 saturated heterocycles. The topological polar surface area (TPSA) is 57.2 Å². The number of aryl methyl sites for hydroxylation is 2. The van der Waals surface area contributed by atoms with E-state index in [1.54, 1.807) is 6.07 Å². The molecule has 0 amide bonds. The molecule has 0 radical (unpaired) electrons. The average Bonchev–Trinajstić information content (AvgIpc) is 2.93. The number of unbranched alkanes of at least 4 members (excludes halogenated alkanes) is 20. The van der Waals surface area contributed by atoms with E-state index in [2.05, 4.69) is 32.0 Å². The van der Waals surface area contributed by atoms with Crippen LogP contribution in [0.1, 0.15) is 166 Å². The standard InChI is InChI=1S/C36H60O3S.Na/c1-3-5-7-9-11-13-15-17-19-21-23-25-32-27-29-34-33(31-32)28-30-36(40(37,38)39)35(34)26-24-22-20-18-16-14-12-10-8-6-4-2;/h27-31H,3-26H2,1-2H3,(H,37,38,39);/q;+1/p-1. The number of hydrogen-bond acceptors (Lipinski definition) is 3. The van der Waals surface area contributed by atoms with E-state index < -0.39 is 10.1 Å². The summed E-state index contributed by atoms with van der Waals surface area (Å²) in [5, 5.41) is 2.00. The van der Waals surface area contributed by atoms with E-state index in [0.29, 0.717) is 6.42 Å². The SMILES string of the molecule is CCCCCCCCCCCCCc1ccc2c(CCCCCCCCCCCCC)c(S(=O)(=O)[O-])ccc2c1.[Na+]. The van der Waals surface area contributed by atoms with Gasteiger partial charge >= 0.3 is 29.6 Å². The minimum atomic E-state index is -4.48. The van der Waals surface area contributed by atoms with Gasteiger partial charge in [0.15, 0.2) is 0 Å². The summed E-state index contributed by atoms with van der Waals surface area (Å²) in [6.07, 6.45) is 30.3. The fourth-order valence-corrected chi connectivity index (χ4v) is 6.78. The van der Waals surface area contributed by atoms with Gasteiger partial charge in [0.1, 0.15) is 10.1 Å². The van der Waals surface area contributed by atoms with Crippen molar-refractivity contribution in [3.8, 4) is 0 Å². The van der Waals surface area contributed by atoms with Crippen molar-refractivity contribution in [2.75, 3.05) is 0 Å². The number of fused-ring (bicyclic) bond motifs is 1. The summed E-state index contributed by atoms with van der Waals surface area (Å²) >= 11 is 0. The van der Waals surface area contributed by atoms with Crippen LogP contribution >= 0.6 is 0 Å². The Kier molecular flexibility index (Phi) is 22.6. The van der Waals surface area contributed by atoms with Gasteiger partial charge in [-0.15, -0.1) is 0 Å². The summed E-state index contributed by atoms with van der Waals surface area (Å²) in [6, 6.07) is 9.78. The maximum absolute atomic E-state index is 12.0. The third-order valence-corrected chi connectivity index (χ3v) is 9.44. The first-order chi connectivity index (χ1) is 19.5. The molecular formula is C36H59NaO3S. The molecule has 3 nitrogen and oxygen atoms in total. The van der Waals surface area contributed by atoms with Gasteiger partial charge < -0.3 is 4.55 Å². The van der Waals surface area contributed by atoms with Gasteiger partial charge in [-0.2, -0.15) is 0 Å². The second-order valence-corrected chi connectivity index (χ2v) is 13.5. The number of benzene rings is 2. The molecule has 0 heterocycles. The van der Waals surface area contributed by atoms with Crippen LogP contribution in [-0.4, -0.2) is 13.0 Å². The molecule has 0 aromatic heterocycles. The Morgan fingerprint density at radius 2 is 0.951 bits per heavy atom. The zero-order valence-electron chi connectivity index (χ0n) is 27.0. The molecular weight excluding hydrogens is 535 g/mol. The second kappa shape index (κ2) is 24.0. The Bertz CT molecular complexity index is 1030. The molecule has 0 unspecified atom stereocenters. The average molecular weight is 595 g/mol. The molecule has 0 atom stereocenters. The Morgan fingerprint density at radius 3 is 1.39 bits per heavy atom. The molecule has 0 fully saturated rings. The van der Waals surface area contributed by atoms with Crippen LogP contribution in [0.4, 0.5) is 0 Å². The van der Waals surface area contributed by atoms with E-state index in [4.69, 9.17) is 0 Å². The van der Waals surface area contributed by atoms with Gasteiger partial charge in [-0.1, -0.05) is 167 Å². The zero-order chi connectivity index (χ0) is 28.9. The second-order valence-electron chi connectivity index (χ2n) is 12.1. The summed E-state index contributed by atoms with van der Waals surface area (Å²) in [4.78, 5) is -0.0230. The van der Waals surface area contributed by atoms with E-state index in [1.807, 2.05) is 6.07 Å². The van der Waals surface area contributed by atoms with Crippen molar-refractivity contribution in [2.45, 2.75) is 173 Å². The summed E-state index contributed by atoms with van der Waals surface area (Å²) < 4.78 is 36.1. The normalized spacial score (nSPS) is 11.7. The molecule has 0 aliphatic carbocycles. The quantitative estimate of drug-likeness (QED) is 0.0658. The molecule has 41 heavy (non-hydrogen) atoms. The van der Waals surface area contributed by atoms with Crippen LogP contribution < -0.4 is 29.6 Å². The van der Waals surface area contributed by atoms with Crippen LogP contribution in [0.5, 0.6) is 0 Å². The Labute approximate surface area is 276 Å². The molecule has 0 bridgehead atoms. The van der Waals surface area contributed by atoms with Crippen LogP contribution in [0, 0.1) is 0 Å². The third-order valence-electron chi connectivity index (χ3n) is 8.52. The minimum Gasteiger partial charge on any atom is -0.744 e. The predicted octanol–water partition coefficient (Wildman–Crippen LogP) is 8.45. The molecule has 2 aromatic carbocycles. The molecule has 2 rings (SSSR count). The van der Waals surface area contributed by atoms with Crippen molar-refractivity contribution in [3.63, 3.8) is 0 Å². The summed E-state index contributed by atoms with van der Waals surface area (Å²) in [7, 11) is -4.48. The summed E-state index contributed by atoms with van der Waals surface area (Å²) in [5.41, 5.74) is 2.03. The number of hydrogen-bond donors (Lipinski definition) is 0. The van der Waals surface area contributed by atoms with E-state index in [9.17, 15) is 13.0 Å². The van der Waals surface area contributed by atoms with Gasteiger partial charge in [-0.3, -0.25) is 0 Å². The van der Waals surface area contributed by atoms with Crippen LogP contribution in [-0.2, 0) is 23.0 Å². The van der Waals surface area contributed by atoms with E-state index in [-0.39, 0.29) is 34.5 Å². The van der Waals surface area contributed by atoms with Gasteiger partial charge in [0.2, 0.25) is 0 Å². The fraction of sp³-hybridized carbons (Fsp3) is 0.722. The molecule has 0 aliphatic rings. The Hall–Kier alpha value is -0.390. The molecule has 5 heteroatoms. The van der Waals surface area contributed by atoms with Crippen molar-refractivity contribution in [2.24, 2.45) is 0 Å². The Balaban J connectivity index is 0.00000840. The van der Waals surface area contributed by atoms with Crippen molar-refractivity contribution >= 4 is 20.9 Å². The first-order valence-electron chi connectivity index (χ1n) is 17.0. The van der Waals surface area contributed by atoms with Crippen molar-refractivity contribution in [1.82, 2.24) is 0 Å². The van der Waals surface area contributed by atoms with Gasteiger partial charge in [-0.25, -0.2) is 8.42 Å². The monoisotopic (exact) mass is 594 g/mol.